The van der Waals surface area contributed by atoms with Crippen molar-refractivity contribution < 1.29 is 22.5 Å². The summed E-state index contributed by atoms with van der Waals surface area (Å²) >= 11 is 0. The Labute approximate surface area is 89.9 Å². The summed E-state index contributed by atoms with van der Waals surface area (Å²) in [6, 6.07) is 0. The lowest BCUT2D eigenvalue weighted by Crippen LogP contribution is -2.15. The largest absolute Gasteiger partial charge is 0.462 e. The van der Waals surface area contributed by atoms with Crippen LogP contribution in [-0.2, 0) is 19.6 Å². The molecule has 1 N–H and O–H groups in total. The van der Waals surface area contributed by atoms with Gasteiger partial charge in [0.15, 0.2) is 4.91 Å². The molecule has 0 aromatic heterocycles. The second-order valence-corrected chi connectivity index (χ2v) is 4.54. The molecule has 0 amide bonds. The van der Waals surface area contributed by atoms with Gasteiger partial charge in [-0.1, -0.05) is 32.8 Å². The first-order valence-electron chi connectivity index (χ1n) is 4.73. The van der Waals surface area contributed by atoms with Crippen molar-refractivity contribution in [3.05, 3.63) is 11.5 Å². The highest BCUT2D eigenvalue weighted by Crippen LogP contribution is 2.05. The fraction of sp³-hybridized carbons (Fsp3) is 0.667. The second kappa shape index (κ2) is 6.58. The van der Waals surface area contributed by atoms with Crippen LogP contribution in [0.1, 0.15) is 32.6 Å². The van der Waals surface area contributed by atoms with Gasteiger partial charge in [0.2, 0.25) is 0 Å². The zero-order valence-corrected chi connectivity index (χ0v) is 9.55. The number of ether oxygens (including phenoxy) is 1. The maximum absolute atomic E-state index is 11.0. The third-order valence-electron chi connectivity index (χ3n) is 1.77. The van der Waals surface area contributed by atoms with E-state index in [0.717, 1.165) is 19.3 Å². The molecule has 0 aliphatic rings. The fourth-order valence-electron chi connectivity index (χ4n) is 0.880. The van der Waals surface area contributed by atoms with Crippen LogP contribution in [-0.4, -0.2) is 25.5 Å². The first-order valence-corrected chi connectivity index (χ1v) is 6.17. The summed E-state index contributed by atoms with van der Waals surface area (Å²) in [5.41, 5.74) is 0. The van der Waals surface area contributed by atoms with E-state index in [4.69, 9.17) is 4.55 Å². The van der Waals surface area contributed by atoms with Crippen molar-refractivity contribution in [1.82, 2.24) is 0 Å². The van der Waals surface area contributed by atoms with Crippen molar-refractivity contribution in [2.45, 2.75) is 32.6 Å². The Bertz CT molecular complexity index is 317. The van der Waals surface area contributed by atoms with E-state index in [9.17, 15) is 13.2 Å². The lowest BCUT2D eigenvalue weighted by atomic mass is 10.2. The van der Waals surface area contributed by atoms with Crippen molar-refractivity contribution in [3.63, 3.8) is 0 Å². The van der Waals surface area contributed by atoms with Gasteiger partial charge < -0.3 is 4.74 Å². The summed E-state index contributed by atoms with van der Waals surface area (Å²) in [6.07, 6.45) is 3.70. The van der Waals surface area contributed by atoms with Crippen molar-refractivity contribution >= 4 is 16.1 Å². The minimum atomic E-state index is -4.52. The number of esters is 1. The van der Waals surface area contributed by atoms with Gasteiger partial charge in [0.1, 0.15) is 0 Å². The zero-order chi connectivity index (χ0) is 11.9. The van der Waals surface area contributed by atoms with Crippen molar-refractivity contribution in [3.8, 4) is 0 Å². The van der Waals surface area contributed by atoms with Crippen molar-refractivity contribution in [1.29, 1.82) is 0 Å². The van der Waals surface area contributed by atoms with Crippen LogP contribution in [0.15, 0.2) is 11.5 Å². The quantitative estimate of drug-likeness (QED) is 0.313. The highest BCUT2D eigenvalue weighted by molar-refractivity contribution is 7.90. The van der Waals surface area contributed by atoms with Crippen LogP contribution in [0.4, 0.5) is 0 Å². The van der Waals surface area contributed by atoms with Crippen molar-refractivity contribution in [2.24, 2.45) is 0 Å². The summed E-state index contributed by atoms with van der Waals surface area (Å²) in [5, 5.41) is 0. The smallest absolute Gasteiger partial charge is 0.351 e. The molecule has 0 aromatic carbocycles. The van der Waals surface area contributed by atoms with Crippen LogP contribution < -0.4 is 0 Å². The van der Waals surface area contributed by atoms with Gasteiger partial charge in [0, 0.05) is 0 Å². The molecule has 0 spiro atoms. The molecular formula is C9H16O5S. The molecule has 6 heteroatoms. The van der Waals surface area contributed by atoms with Crippen LogP contribution >= 0.6 is 0 Å². The number of carbonyl (C=O) groups is 1. The molecule has 0 unspecified atom stereocenters. The van der Waals surface area contributed by atoms with Gasteiger partial charge in [-0.2, -0.15) is 8.42 Å². The van der Waals surface area contributed by atoms with Crippen LogP contribution in [0.25, 0.3) is 0 Å². The molecule has 0 bridgehead atoms. The number of carbonyl (C=O) groups excluding carboxylic acids is 1. The molecule has 5 nitrogen and oxygen atoms in total. The third-order valence-corrected chi connectivity index (χ3v) is 2.56. The summed E-state index contributed by atoms with van der Waals surface area (Å²) in [7, 11) is -4.52. The van der Waals surface area contributed by atoms with Gasteiger partial charge >= 0.3 is 16.1 Å². The molecular weight excluding hydrogens is 220 g/mol. The molecule has 0 rings (SSSR count). The van der Waals surface area contributed by atoms with E-state index in [0.29, 0.717) is 6.42 Å². The summed E-state index contributed by atoms with van der Waals surface area (Å²) < 4.78 is 34.0. The van der Waals surface area contributed by atoms with Gasteiger partial charge in [-0.3, -0.25) is 4.55 Å². The number of hydrogen-bond donors (Lipinski definition) is 1. The topological polar surface area (TPSA) is 80.7 Å². The first-order chi connectivity index (χ1) is 6.89. The zero-order valence-electron chi connectivity index (χ0n) is 8.73. The second-order valence-electron chi connectivity index (χ2n) is 3.09. The van der Waals surface area contributed by atoms with E-state index in [1.807, 2.05) is 6.92 Å². The monoisotopic (exact) mass is 236 g/mol. The molecule has 15 heavy (non-hydrogen) atoms. The Morgan fingerprint density at radius 1 is 1.33 bits per heavy atom. The Kier molecular flexibility index (Phi) is 6.19. The van der Waals surface area contributed by atoms with Gasteiger partial charge in [-0.25, -0.2) is 4.79 Å². The summed E-state index contributed by atoms with van der Waals surface area (Å²) in [5.74, 6) is -1.09. The lowest BCUT2D eigenvalue weighted by molar-refractivity contribution is -0.138. The predicted octanol–water partition coefficient (Wildman–Crippen LogP) is 1.51. The third kappa shape index (κ3) is 6.24. The number of unbranched alkanes of at least 4 members (excludes halogenated alkanes) is 3. The van der Waals surface area contributed by atoms with Crippen LogP contribution in [0.5, 0.6) is 0 Å². The van der Waals surface area contributed by atoms with Crippen LogP contribution in [0.2, 0.25) is 0 Å². The molecule has 0 atom stereocenters. The Hall–Kier alpha value is -0.880. The van der Waals surface area contributed by atoms with Gasteiger partial charge in [0.25, 0.3) is 0 Å². The minimum absolute atomic E-state index is 0.146. The standard InChI is InChI=1S/C9H16O5S/c1-3-4-5-6-7-14-9(10)8(2)15(11,12)13/h2-7H2,1H3,(H,11,12,13). The highest BCUT2D eigenvalue weighted by Gasteiger charge is 2.20. The van der Waals surface area contributed by atoms with Crippen LogP contribution in [0.3, 0.4) is 0 Å². The minimum Gasteiger partial charge on any atom is -0.462 e. The molecule has 0 fully saturated rings. The predicted molar refractivity (Wildman–Crippen MR) is 55.8 cm³/mol. The molecule has 0 aliphatic carbocycles. The summed E-state index contributed by atoms with van der Waals surface area (Å²) in [4.78, 5) is 10.0. The van der Waals surface area contributed by atoms with E-state index in [-0.39, 0.29) is 6.61 Å². The van der Waals surface area contributed by atoms with Gasteiger partial charge in [-0.05, 0) is 6.42 Å². The molecule has 0 heterocycles. The van der Waals surface area contributed by atoms with E-state index < -0.39 is 21.0 Å². The van der Waals surface area contributed by atoms with Gasteiger partial charge in [0.05, 0.1) is 6.61 Å². The number of hydrogen-bond acceptors (Lipinski definition) is 4. The molecule has 0 saturated heterocycles. The van der Waals surface area contributed by atoms with Gasteiger partial charge in [-0.15, -0.1) is 0 Å². The molecule has 88 valence electrons. The normalized spacial score (nSPS) is 11.1. The van der Waals surface area contributed by atoms with Crippen LogP contribution in [0, 0.1) is 0 Å². The van der Waals surface area contributed by atoms with E-state index >= 15 is 0 Å². The SMILES string of the molecule is C=C(C(=O)OCCCCCC)S(=O)(=O)O. The molecule has 0 saturated carbocycles. The molecule has 0 aliphatic heterocycles. The Balaban J connectivity index is 3.81. The summed E-state index contributed by atoms with van der Waals surface area (Å²) in [6.45, 7) is 5.12. The van der Waals surface area contributed by atoms with E-state index in [1.165, 1.54) is 0 Å². The average Bonchev–Trinajstić information content (AvgIpc) is 2.14. The molecule has 0 aromatic rings. The van der Waals surface area contributed by atoms with E-state index in [1.54, 1.807) is 0 Å². The van der Waals surface area contributed by atoms with Crippen molar-refractivity contribution in [2.75, 3.05) is 6.61 Å². The Morgan fingerprint density at radius 2 is 1.93 bits per heavy atom. The maximum Gasteiger partial charge on any atom is 0.351 e. The van der Waals surface area contributed by atoms with E-state index in [2.05, 4.69) is 11.3 Å². The first kappa shape index (κ1) is 14.1. The number of rotatable bonds is 7. The molecule has 0 radical (unpaired) electrons. The fourth-order valence-corrected chi connectivity index (χ4v) is 1.15. The highest BCUT2D eigenvalue weighted by atomic mass is 32.2. The maximum atomic E-state index is 11.0. The Morgan fingerprint density at radius 3 is 2.40 bits per heavy atom. The lowest BCUT2D eigenvalue weighted by Gasteiger charge is -2.04. The average molecular weight is 236 g/mol.